The molecule has 0 spiro atoms. The van der Waals surface area contributed by atoms with Crippen LogP contribution in [-0.4, -0.2) is 31.5 Å². The molecule has 0 bridgehead atoms. The van der Waals surface area contributed by atoms with Gasteiger partial charge in [-0.25, -0.2) is 8.42 Å². The fraction of sp³-hybridized carbons (Fsp3) is 0.333. The topological polar surface area (TPSA) is 68.3 Å². The van der Waals surface area contributed by atoms with E-state index >= 15 is 0 Å². The Morgan fingerprint density at radius 3 is 2.62 bits per heavy atom. The maximum Gasteiger partial charge on any atom is 0.183 e. The van der Waals surface area contributed by atoms with Gasteiger partial charge < -0.3 is 0 Å². The van der Waals surface area contributed by atoms with Crippen molar-refractivity contribution < 1.29 is 18.0 Å². The van der Waals surface area contributed by atoms with Crippen LogP contribution in [0.2, 0.25) is 0 Å². The van der Waals surface area contributed by atoms with Gasteiger partial charge >= 0.3 is 0 Å². The van der Waals surface area contributed by atoms with Gasteiger partial charge in [0.2, 0.25) is 0 Å². The monoisotopic (exact) mass is 322 g/mol. The van der Waals surface area contributed by atoms with E-state index in [9.17, 15) is 18.0 Å². The Morgan fingerprint density at radius 1 is 1.29 bits per heavy atom. The van der Waals surface area contributed by atoms with Crippen LogP contribution in [0.5, 0.6) is 0 Å². The van der Waals surface area contributed by atoms with Crippen LogP contribution >= 0.6 is 11.8 Å². The molecule has 2 aliphatic rings. The highest BCUT2D eigenvalue weighted by Gasteiger charge is 2.47. The van der Waals surface area contributed by atoms with Crippen LogP contribution in [-0.2, 0) is 19.4 Å². The highest BCUT2D eigenvalue weighted by Crippen LogP contribution is 2.48. The van der Waals surface area contributed by atoms with Crippen LogP contribution in [0.4, 0.5) is 0 Å². The molecule has 110 valence electrons. The number of fused-ring (bicyclic) bond motifs is 2. The first kappa shape index (κ1) is 14.5. The molecular formula is C15H14O4S2. The van der Waals surface area contributed by atoms with Gasteiger partial charge in [-0.2, -0.15) is 0 Å². The lowest BCUT2D eigenvalue weighted by molar-refractivity contribution is -0.134. The third-order valence-corrected chi connectivity index (χ3v) is 7.30. The summed E-state index contributed by atoms with van der Waals surface area (Å²) in [6.07, 6.45) is 0. The van der Waals surface area contributed by atoms with Crippen molar-refractivity contribution in [3.63, 3.8) is 0 Å². The Morgan fingerprint density at radius 2 is 1.95 bits per heavy atom. The number of hydrogen-bond acceptors (Lipinski definition) is 5. The van der Waals surface area contributed by atoms with Crippen molar-refractivity contribution in [1.82, 2.24) is 0 Å². The van der Waals surface area contributed by atoms with E-state index in [1.165, 1.54) is 18.7 Å². The molecule has 0 aliphatic carbocycles. The molecule has 0 saturated heterocycles. The molecular weight excluding hydrogens is 308 g/mol. The maximum absolute atomic E-state index is 12.7. The zero-order chi connectivity index (χ0) is 15.4. The molecule has 0 fully saturated rings. The quantitative estimate of drug-likeness (QED) is 0.741. The molecule has 4 nitrogen and oxygen atoms in total. The molecule has 1 aromatic carbocycles. The Bertz CT molecular complexity index is 805. The molecule has 21 heavy (non-hydrogen) atoms. The van der Waals surface area contributed by atoms with Gasteiger partial charge in [0.1, 0.15) is 5.78 Å². The summed E-state index contributed by atoms with van der Waals surface area (Å²) >= 11 is 1.40. The van der Waals surface area contributed by atoms with E-state index in [2.05, 4.69) is 0 Å². The first-order chi connectivity index (χ1) is 9.77. The van der Waals surface area contributed by atoms with Crippen molar-refractivity contribution in [3.05, 3.63) is 35.4 Å². The van der Waals surface area contributed by atoms with E-state index in [4.69, 9.17) is 0 Å². The number of carbonyl (C=O) groups excluding carboxylic acids is 2. The Balaban J connectivity index is 2.25. The third-order valence-electron chi connectivity index (χ3n) is 4.13. The average Bonchev–Trinajstić information content (AvgIpc) is 2.43. The SMILES string of the molecule is CC(=O)C1(C)CSC2=C(CS(=O)(=O)c3ccccc32)C1=O. The van der Waals surface area contributed by atoms with Crippen LogP contribution in [0.15, 0.2) is 34.7 Å². The normalized spacial score (nSPS) is 27.0. The van der Waals surface area contributed by atoms with Crippen molar-refractivity contribution in [2.24, 2.45) is 5.41 Å². The van der Waals surface area contributed by atoms with Crippen LogP contribution in [0.3, 0.4) is 0 Å². The predicted octanol–water partition coefficient (Wildman–Crippen LogP) is 2.10. The first-order valence-electron chi connectivity index (χ1n) is 6.51. The van der Waals surface area contributed by atoms with E-state index in [-0.39, 0.29) is 27.8 Å². The molecule has 1 unspecified atom stereocenters. The maximum atomic E-state index is 12.7. The van der Waals surface area contributed by atoms with Crippen molar-refractivity contribution >= 4 is 38.1 Å². The zero-order valence-electron chi connectivity index (χ0n) is 11.7. The highest BCUT2D eigenvalue weighted by molar-refractivity contribution is 8.08. The number of thioether (sulfide) groups is 1. The Kier molecular flexibility index (Phi) is 3.15. The minimum absolute atomic E-state index is 0.220. The lowest BCUT2D eigenvalue weighted by atomic mass is 9.80. The molecule has 0 radical (unpaired) electrons. The standard InChI is InChI=1S/C15H14O4S2/c1-9(16)15(2)8-20-13-10-5-3-4-6-12(10)21(18,19)7-11(13)14(15)17/h3-6H,7-8H2,1-2H3. The largest absolute Gasteiger partial charge is 0.299 e. The molecule has 2 heterocycles. The van der Waals surface area contributed by atoms with E-state index in [1.807, 2.05) is 0 Å². The highest BCUT2D eigenvalue weighted by atomic mass is 32.2. The van der Waals surface area contributed by atoms with Gasteiger partial charge in [0.25, 0.3) is 0 Å². The Labute approximate surface area is 127 Å². The summed E-state index contributed by atoms with van der Waals surface area (Å²) in [5, 5.41) is 0. The van der Waals surface area contributed by atoms with Gasteiger partial charge in [0.05, 0.1) is 16.1 Å². The van der Waals surface area contributed by atoms with Crippen molar-refractivity contribution in [2.75, 3.05) is 11.5 Å². The summed E-state index contributed by atoms with van der Waals surface area (Å²) in [5.74, 6) is -0.521. The van der Waals surface area contributed by atoms with Gasteiger partial charge in [-0.15, -0.1) is 11.8 Å². The summed E-state index contributed by atoms with van der Waals surface area (Å²) in [7, 11) is -3.52. The van der Waals surface area contributed by atoms with Crippen LogP contribution in [0.1, 0.15) is 19.4 Å². The molecule has 0 N–H and O–H groups in total. The molecule has 6 heteroatoms. The summed E-state index contributed by atoms with van der Waals surface area (Å²) in [6, 6.07) is 6.72. The summed E-state index contributed by atoms with van der Waals surface area (Å²) in [5.41, 5.74) is -0.268. The number of carbonyl (C=O) groups is 2. The van der Waals surface area contributed by atoms with Gasteiger partial charge in [-0.1, -0.05) is 18.2 Å². The number of rotatable bonds is 1. The van der Waals surface area contributed by atoms with E-state index in [0.717, 1.165) is 0 Å². The molecule has 0 aromatic heterocycles. The number of Topliss-reactive ketones (excluding diaryl/α,β-unsaturated/α-hetero) is 2. The zero-order valence-corrected chi connectivity index (χ0v) is 13.3. The fourth-order valence-electron chi connectivity index (χ4n) is 2.63. The Hall–Kier alpha value is -1.40. The summed E-state index contributed by atoms with van der Waals surface area (Å²) in [4.78, 5) is 25.5. The van der Waals surface area contributed by atoms with Crippen LogP contribution in [0, 0.1) is 5.41 Å². The van der Waals surface area contributed by atoms with Crippen molar-refractivity contribution in [3.8, 4) is 0 Å². The van der Waals surface area contributed by atoms with Gasteiger partial charge in [0.15, 0.2) is 15.6 Å². The molecule has 0 saturated carbocycles. The summed E-state index contributed by atoms with van der Waals surface area (Å²) < 4.78 is 24.7. The van der Waals surface area contributed by atoms with E-state index < -0.39 is 15.3 Å². The smallest absolute Gasteiger partial charge is 0.183 e. The lowest BCUT2D eigenvalue weighted by Crippen LogP contribution is -2.43. The van der Waals surface area contributed by atoms with Gasteiger partial charge in [-0.05, 0) is 19.9 Å². The fourth-order valence-corrected chi connectivity index (χ4v) is 5.83. The van der Waals surface area contributed by atoms with Gasteiger partial charge in [0, 0.05) is 21.8 Å². The lowest BCUT2D eigenvalue weighted by Gasteiger charge is -2.34. The summed E-state index contributed by atoms with van der Waals surface area (Å²) in [6.45, 7) is 2.98. The van der Waals surface area contributed by atoms with E-state index in [1.54, 1.807) is 31.2 Å². The van der Waals surface area contributed by atoms with E-state index in [0.29, 0.717) is 16.2 Å². The second kappa shape index (κ2) is 4.55. The van der Waals surface area contributed by atoms with Crippen molar-refractivity contribution in [1.29, 1.82) is 0 Å². The first-order valence-corrected chi connectivity index (χ1v) is 9.15. The minimum atomic E-state index is -3.52. The molecule has 0 amide bonds. The molecule has 1 atom stereocenters. The van der Waals surface area contributed by atoms with Gasteiger partial charge in [-0.3, -0.25) is 9.59 Å². The number of hydrogen-bond donors (Lipinski definition) is 0. The predicted molar refractivity (Wildman–Crippen MR) is 81.7 cm³/mol. The number of benzene rings is 1. The number of ketones is 2. The molecule has 1 aromatic rings. The number of sulfone groups is 1. The second-order valence-electron chi connectivity index (χ2n) is 5.57. The van der Waals surface area contributed by atoms with Crippen molar-refractivity contribution in [2.45, 2.75) is 18.7 Å². The van der Waals surface area contributed by atoms with Crippen LogP contribution < -0.4 is 0 Å². The molecule has 2 aliphatic heterocycles. The minimum Gasteiger partial charge on any atom is -0.299 e. The third kappa shape index (κ3) is 2.00. The molecule has 3 rings (SSSR count). The van der Waals surface area contributed by atoms with Crippen LogP contribution in [0.25, 0.3) is 4.91 Å². The second-order valence-corrected chi connectivity index (χ2v) is 8.51. The average molecular weight is 322 g/mol.